The van der Waals surface area contributed by atoms with E-state index in [1.165, 1.54) is 0 Å². The van der Waals surface area contributed by atoms with Crippen molar-refractivity contribution < 1.29 is 9.90 Å². The maximum absolute atomic E-state index is 11.0. The van der Waals surface area contributed by atoms with E-state index in [-0.39, 0.29) is 0 Å². The zero-order valence-corrected chi connectivity index (χ0v) is 12.9. The molecule has 0 saturated heterocycles. The highest BCUT2D eigenvalue weighted by atomic mass is 79.9. The molecule has 0 aliphatic heterocycles. The molecule has 0 atom stereocenters. The molecule has 0 heterocycles. The van der Waals surface area contributed by atoms with Gasteiger partial charge in [-0.1, -0.05) is 13.8 Å². The standard InChI is InChI=1S/C14H20BrNO2/c1-9(2)8-16(10(3)4)11-5-6-12(14(17)18)13(15)7-11/h5-7,9-10H,8H2,1-4H3,(H,17,18). The van der Waals surface area contributed by atoms with Gasteiger partial charge in [0.15, 0.2) is 0 Å². The van der Waals surface area contributed by atoms with Gasteiger partial charge < -0.3 is 10.0 Å². The molecule has 1 aromatic rings. The van der Waals surface area contributed by atoms with E-state index in [9.17, 15) is 4.79 Å². The van der Waals surface area contributed by atoms with E-state index in [0.717, 1.165) is 12.2 Å². The summed E-state index contributed by atoms with van der Waals surface area (Å²) in [6.07, 6.45) is 0. The normalized spacial score (nSPS) is 11.1. The summed E-state index contributed by atoms with van der Waals surface area (Å²) >= 11 is 3.32. The highest BCUT2D eigenvalue weighted by molar-refractivity contribution is 9.10. The number of hydrogen-bond donors (Lipinski definition) is 1. The van der Waals surface area contributed by atoms with Crippen molar-refractivity contribution in [1.29, 1.82) is 0 Å². The Hall–Kier alpha value is -1.03. The van der Waals surface area contributed by atoms with Crippen LogP contribution in [0, 0.1) is 5.92 Å². The Bertz CT molecular complexity index is 430. The lowest BCUT2D eigenvalue weighted by atomic mass is 10.1. The third-order valence-corrected chi connectivity index (χ3v) is 3.36. The van der Waals surface area contributed by atoms with Crippen LogP contribution >= 0.6 is 15.9 Å². The van der Waals surface area contributed by atoms with E-state index < -0.39 is 5.97 Å². The van der Waals surface area contributed by atoms with Crippen LogP contribution in [-0.4, -0.2) is 23.7 Å². The number of hydrogen-bond acceptors (Lipinski definition) is 2. The van der Waals surface area contributed by atoms with E-state index in [0.29, 0.717) is 22.0 Å². The van der Waals surface area contributed by atoms with Gasteiger partial charge in [0.1, 0.15) is 0 Å². The van der Waals surface area contributed by atoms with Crippen molar-refractivity contribution in [3.8, 4) is 0 Å². The number of carbonyl (C=O) groups is 1. The molecule has 3 nitrogen and oxygen atoms in total. The summed E-state index contributed by atoms with van der Waals surface area (Å²) in [6.45, 7) is 9.59. The van der Waals surface area contributed by atoms with Gasteiger partial charge in [0.05, 0.1) is 5.56 Å². The number of aromatic carboxylic acids is 1. The average molecular weight is 314 g/mol. The fourth-order valence-electron chi connectivity index (χ4n) is 1.86. The van der Waals surface area contributed by atoms with E-state index in [1.807, 2.05) is 12.1 Å². The monoisotopic (exact) mass is 313 g/mol. The van der Waals surface area contributed by atoms with E-state index in [2.05, 4.69) is 48.5 Å². The molecule has 0 amide bonds. The minimum atomic E-state index is -0.909. The highest BCUT2D eigenvalue weighted by Crippen LogP contribution is 2.26. The molecule has 18 heavy (non-hydrogen) atoms. The Kier molecular flexibility index (Phi) is 5.20. The molecule has 4 heteroatoms. The first kappa shape index (κ1) is 15.0. The summed E-state index contributed by atoms with van der Waals surface area (Å²) < 4.78 is 0.627. The van der Waals surface area contributed by atoms with E-state index >= 15 is 0 Å². The zero-order valence-electron chi connectivity index (χ0n) is 11.3. The van der Waals surface area contributed by atoms with Crippen LogP contribution < -0.4 is 4.90 Å². The van der Waals surface area contributed by atoms with Gasteiger partial charge in [-0.15, -0.1) is 0 Å². The summed E-state index contributed by atoms with van der Waals surface area (Å²) in [5, 5.41) is 9.01. The molecule has 1 N–H and O–H groups in total. The van der Waals surface area contributed by atoms with Crippen molar-refractivity contribution >= 4 is 27.6 Å². The van der Waals surface area contributed by atoms with Gasteiger partial charge in [-0.3, -0.25) is 0 Å². The van der Waals surface area contributed by atoms with Crippen LogP contribution in [0.3, 0.4) is 0 Å². The fraction of sp³-hybridized carbons (Fsp3) is 0.500. The van der Waals surface area contributed by atoms with Crippen molar-refractivity contribution in [1.82, 2.24) is 0 Å². The second-order valence-corrected chi connectivity index (χ2v) is 5.96. The van der Waals surface area contributed by atoms with Crippen LogP contribution in [0.5, 0.6) is 0 Å². The van der Waals surface area contributed by atoms with Crippen LogP contribution in [0.4, 0.5) is 5.69 Å². The van der Waals surface area contributed by atoms with Crippen molar-refractivity contribution in [3.05, 3.63) is 28.2 Å². The average Bonchev–Trinajstić information content (AvgIpc) is 2.24. The van der Waals surface area contributed by atoms with Gasteiger partial charge in [-0.25, -0.2) is 4.79 Å². The molecule has 0 fully saturated rings. The van der Waals surface area contributed by atoms with Crippen LogP contribution in [0.2, 0.25) is 0 Å². The minimum absolute atomic E-state index is 0.298. The highest BCUT2D eigenvalue weighted by Gasteiger charge is 2.15. The van der Waals surface area contributed by atoms with Crippen LogP contribution in [0.1, 0.15) is 38.1 Å². The van der Waals surface area contributed by atoms with Gasteiger partial charge in [-0.05, 0) is 53.9 Å². The molecule has 1 rings (SSSR count). The number of nitrogens with zero attached hydrogens (tertiary/aromatic N) is 1. The lowest BCUT2D eigenvalue weighted by Crippen LogP contribution is -2.34. The molecule has 100 valence electrons. The summed E-state index contributed by atoms with van der Waals surface area (Å²) in [5.41, 5.74) is 1.35. The summed E-state index contributed by atoms with van der Waals surface area (Å²) in [7, 11) is 0. The van der Waals surface area contributed by atoms with E-state index in [1.54, 1.807) is 6.07 Å². The molecular weight excluding hydrogens is 294 g/mol. The molecule has 0 spiro atoms. The summed E-state index contributed by atoms with van der Waals surface area (Å²) in [6, 6.07) is 5.79. The van der Waals surface area contributed by atoms with Crippen LogP contribution in [-0.2, 0) is 0 Å². The van der Waals surface area contributed by atoms with E-state index in [4.69, 9.17) is 5.11 Å². The Morgan fingerprint density at radius 1 is 1.33 bits per heavy atom. The Morgan fingerprint density at radius 2 is 1.94 bits per heavy atom. The molecule has 0 saturated carbocycles. The van der Waals surface area contributed by atoms with Crippen molar-refractivity contribution in [2.45, 2.75) is 33.7 Å². The smallest absolute Gasteiger partial charge is 0.336 e. The fourth-order valence-corrected chi connectivity index (χ4v) is 2.40. The van der Waals surface area contributed by atoms with Crippen molar-refractivity contribution in [2.75, 3.05) is 11.4 Å². The Morgan fingerprint density at radius 3 is 2.33 bits per heavy atom. The Balaban J connectivity index is 3.07. The first-order valence-electron chi connectivity index (χ1n) is 6.12. The summed E-state index contributed by atoms with van der Waals surface area (Å²) in [5.74, 6) is -0.348. The third-order valence-electron chi connectivity index (χ3n) is 2.70. The zero-order chi connectivity index (χ0) is 13.9. The second-order valence-electron chi connectivity index (χ2n) is 5.11. The van der Waals surface area contributed by atoms with Gasteiger partial charge in [0.2, 0.25) is 0 Å². The van der Waals surface area contributed by atoms with Crippen LogP contribution in [0.15, 0.2) is 22.7 Å². The predicted octanol–water partition coefficient (Wildman–Crippen LogP) is 4.02. The topological polar surface area (TPSA) is 40.5 Å². The number of anilines is 1. The molecule has 0 aliphatic rings. The number of halogens is 1. The first-order valence-corrected chi connectivity index (χ1v) is 6.91. The molecular formula is C14H20BrNO2. The molecule has 0 aromatic heterocycles. The molecule has 0 radical (unpaired) electrons. The number of carboxylic acid groups (broad SMARTS) is 1. The van der Waals surface area contributed by atoms with Crippen molar-refractivity contribution in [2.24, 2.45) is 5.92 Å². The molecule has 1 aromatic carbocycles. The van der Waals surface area contributed by atoms with Crippen LogP contribution in [0.25, 0.3) is 0 Å². The second kappa shape index (κ2) is 6.23. The minimum Gasteiger partial charge on any atom is -0.478 e. The summed E-state index contributed by atoms with van der Waals surface area (Å²) in [4.78, 5) is 13.2. The predicted molar refractivity (Wildman–Crippen MR) is 78.4 cm³/mol. The largest absolute Gasteiger partial charge is 0.478 e. The maximum Gasteiger partial charge on any atom is 0.336 e. The lowest BCUT2D eigenvalue weighted by Gasteiger charge is -2.31. The van der Waals surface area contributed by atoms with Gasteiger partial charge >= 0.3 is 5.97 Å². The lowest BCUT2D eigenvalue weighted by molar-refractivity contribution is 0.0696. The SMILES string of the molecule is CC(C)CN(c1ccc(C(=O)O)c(Br)c1)C(C)C. The first-order chi connectivity index (χ1) is 8.32. The number of rotatable bonds is 5. The van der Waals surface area contributed by atoms with Gasteiger partial charge in [-0.2, -0.15) is 0 Å². The quantitative estimate of drug-likeness (QED) is 0.892. The van der Waals surface area contributed by atoms with Gasteiger partial charge in [0.25, 0.3) is 0 Å². The van der Waals surface area contributed by atoms with Gasteiger partial charge in [0, 0.05) is 22.7 Å². The Labute approximate surface area is 117 Å². The molecule has 0 aliphatic carbocycles. The molecule has 0 bridgehead atoms. The number of carboxylic acids is 1. The van der Waals surface area contributed by atoms with Crippen molar-refractivity contribution in [3.63, 3.8) is 0 Å². The number of benzene rings is 1. The molecule has 0 unspecified atom stereocenters. The third kappa shape index (κ3) is 3.73. The maximum atomic E-state index is 11.0.